The van der Waals surface area contributed by atoms with Gasteiger partial charge >= 0.3 is 0 Å². The van der Waals surface area contributed by atoms with Crippen LogP contribution in [0.3, 0.4) is 0 Å². The molecule has 1 aliphatic rings. The van der Waals surface area contributed by atoms with Crippen LogP contribution in [0.4, 0.5) is 10.1 Å². The standard InChI is InChI=1S/C22H25FN4O2S/c23-16-30(28,29)26-13-19-8-4-5-9-22(19)27(14-20-12-24-17-25-20)21(15-26)11-10-18-6-2-1-3-7-18/h1-9,12,17,21H,10-11,13-16H2,(H,24,25). The van der Waals surface area contributed by atoms with Gasteiger partial charge in [0, 0.05) is 31.0 Å². The van der Waals surface area contributed by atoms with Crippen molar-refractivity contribution in [2.24, 2.45) is 0 Å². The minimum absolute atomic E-state index is 0.113. The highest BCUT2D eigenvalue weighted by molar-refractivity contribution is 7.88. The van der Waals surface area contributed by atoms with Crippen LogP contribution in [0.25, 0.3) is 0 Å². The first-order valence-corrected chi connectivity index (χ1v) is 11.6. The van der Waals surface area contributed by atoms with E-state index in [2.05, 4.69) is 27.0 Å². The van der Waals surface area contributed by atoms with Gasteiger partial charge in [-0.1, -0.05) is 48.5 Å². The molecule has 0 radical (unpaired) electrons. The van der Waals surface area contributed by atoms with Crippen LogP contribution in [-0.2, 0) is 29.5 Å². The smallest absolute Gasteiger partial charge is 0.243 e. The van der Waals surface area contributed by atoms with Crippen LogP contribution in [0.15, 0.2) is 67.1 Å². The molecule has 158 valence electrons. The molecule has 6 nitrogen and oxygen atoms in total. The maximum atomic E-state index is 13.4. The molecular weight excluding hydrogens is 403 g/mol. The Balaban J connectivity index is 1.70. The monoisotopic (exact) mass is 428 g/mol. The molecule has 1 aliphatic heterocycles. The zero-order valence-corrected chi connectivity index (χ0v) is 17.4. The van der Waals surface area contributed by atoms with Gasteiger partial charge in [0.05, 0.1) is 18.6 Å². The molecule has 0 bridgehead atoms. The van der Waals surface area contributed by atoms with E-state index in [9.17, 15) is 12.8 Å². The number of fused-ring (bicyclic) bond motifs is 1. The summed E-state index contributed by atoms with van der Waals surface area (Å²) in [6.07, 6.45) is 4.96. The maximum absolute atomic E-state index is 13.4. The van der Waals surface area contributed by atoms with E-state index in [0.29, 0.717) is 6.54 Å². The third-order valence-corrected chi connectivity index (χ3v) is 6.88. The fourth-order valence-electron chi connectivity index (χ4n) is 3.98. The topological polar surface area (TPSA) is 69.3 Å². The predicted octanol–water partition coefficient (Wildman–Crippen LogP) is 3.49. The van der Waals surface area contributed by atoms with Gasteiger partial charge in [-0.05, 0) is 30.0 Å². The Morgan fingerprint density at radius 1 is 1.10 bits per heavy atom. The van der Waals surface area contributed by atoms with Crippen molar-refractivity contribution in [3.63, 3.8) is 0 Å². The summed E-state index contributed by atoms with van der Waals surface area (Å²) in [5.74, 6) is 0. The molecule has 1 atom stereocenters. The number of imidazole rings is 1. The van der Waals surface area contributed by atoms with Crippen molar-refractivity contribution in [2.45, 2.75) is 32.0 Å². The van der Waals surface area contributed by atoms with E-state index >= 15 is 0 Å². The minimum atomic E-state index is -3.97. The van der Waals surface area contributed by atoms with Gasteiger partial charge < -0.3 is 9.88 Å². The van der Waals surface area contributed by atoms with E-state index < -0.39 is 16.0 Å². The van der Waals surface area contributed by atoms with Crippen LogP contribution < -0.4 is 4.90 Å². The number of halogens is 1. The average Bonchev–Trinajstić information content (AvgIpc) is 3.23. The number of nitrogens with zero attached hydrogens (tertiary/aromatic N) is 3. The number of rotatable bonds is 7. The summed E-state index contributed by atoms with van der Waals surface area (Å²) in [5.41, 5.74) is 3.98. The lowest BCUT2D eigenvalue weighted by Gasteiger charge is -2.34. The van der Waals surface area contributed by atoms with Gasteiger partial charge in [-0.2, -0.15) is 4.31 Å². The van der Waals surface area contributed by atoms with Gasteiger partial charge in [0.25, 0.3) is 0 Å². The average molecular weight is 429 g/mol. The van der Waals surface area contributed by atoms with Gasteiger partial charge in [0.2, 0.25) is 16.0 Å². The number of aromatic nitrogens is 2. The first-order chi connectivity index (χ1) is 14.6. The summed E-state index contributed by atoms with van der Waals surface area (Å²) in [7, 11) is -3.97. The van der Waals surface area contributed by atoms with Crippen LogP contribution in [0.5, 0.6) is 0 Å². The van der Waals surface area contributed by atoms with Crippen molar-refractivity contribution in [2.75, 3.05) is 17.5 Å². The van der Waals surface area contributed by atoms with Crippen molar-refractivity contribution in [3.05, 3.63) is 83.9 Å². The molecule has 30 heavy (non-hydrogen) atoms. The maximum Gasteiger partial charge on any atom is 0.243 e. The van der Waals surface area contributed by atoms with Crippen LogP contribution in [0.1, 0.15) is 23.2 Å². The van der Waals surface area contributed by atoms with Crippen molar-refractivity contribution in [3.8, 4) is 0 Å². The number of hydrogen-bond donors (Lipinski definition) is 1. The number of hydrogen-bond acceptors (Lipinski definition) is 4. The molecule has 0 saturated carbocycles. The number of sulfonamides is 1. The number of benzene rings is 2. The largest absolute Gasteiger partial charge is 0.361 e. The third-order valence-electron chi connectivity index (χ3n) is 5.54. The van der Waals surface area contributed by atoms with Crippen molar-refractivity contribution in [1.82, 2.24) is 14.3 Å². The van der Waals surface area contributed by atoms with Gasteiger partial charge in [0.15, 0.2) is 0 Å². The quantitative estimate of drug-likeness (QED) is 0.626. The van der Waals surface area contributed by atoms with Gasteiger partial charge in [-0.15, -0.1) is 0 Å². The van der Waals surface area contributed by atoms with Crippen molar-refractivity contribution >= 4 is 15.7 Å². The van der Waals surface area contributed by atoms with E-state index in [-0.39, 0.29) is 19.1 Å². The highest BCUT2D eigenvalue weighted by Crippen LogP contribution is 2.32. The molecule has 2 heterocycles. The molecule has 0 amide bonds. The second-order valence-corrected chi connectivity index (χ2v) is 9.42. The molecule has 1 N–H and O–H groups in total. The van der Waals surface area contributed by atoms with Crippen LogP contribution in [-0.4, -0.2) is 41.3 Å². The second kappa shape index (κ2) is 8.97. The molecule has 0 aliphatic carbocycles. The molecule has 8 heteroatoms. The van der Waals surface area contributed by atoms with Gasteiger partial charge in [-0.3, -0.25) is 0 Å². The SMILES string of the molecule is O=S(=O)(CF)N1Cc2ccccc2N(Cc2cnc[nH]2)C(CCc2ccccc2)C1. The molecule has 4 rings (SSSR count). The van der Waals surface area contributed by atoms with Crippen LogP contribution in [0, 0.1) is 0 Å². The number of para-hydroxylation sites is 1. The van der Waals surface area contributed by atoms with Crippen molar-refractivity contribution in [1.29, 1.82) is 0 Å². The Morgan fingerprint density at radius 2 is 1.87 bits per heavy atom. The number of aromatic amines is 1. The summed E-state index contributed by atoms with van der Waals surface area (Å²) < 4.78 is 39.6. The van der Waals surface area contributed by atoms with E-state index in [1.165, 1.54) is 9.87 Å². The summed E-state index contributed by atoms with van der Waals surface area (Å²) >= 11 is 0. The number of alkyl halides is 1. The van der Waals surface area contributed by atoms with Crippen molar-refractivity contribution < 1.29 is 12.8 Å². The van der Waals surface area contributed by atoms with Gasteiger partial charge in [0.1, 0.15) is 0 Å². The van der Waals surface area contributed by atoms with E-state index in [4.69, 9.17) is 0 Å². The Hall–Kier alpha value is -2.71. The highest BCUT2D eigenvalue weighted by Gasteiger charge is 2.33. The number of aryl methyl sites for hydroxylation is 1. The van der Waals surface area contributed by atoms with Gasteiger partial charge in [-0.25, -0.2) is 17.8 Å². The molecule has 2 aromatic carbocycles. The molecular formula is C22H25FN4O2S. The summed E-state index contributed by atoms with van der Waals surface area (Å²) in [6, 6.07) is 16.4. The lowest BCUT2D eigenvalue weighted by Crippen LogP contribution is -2.44. The van der Waals surface area contributed by atoms with E-state index in [1.54, 1.807) is 12.5 Å². The predicted molar refractivity (Wildman–Crippen MR) is 115 cm³/mol. The fraction of sp³-hybridized carbons (Fsp3) is 0.318. The molecule has 0 spiro atoms. The zero-order chi connectivity index (χ0) is 21.0. The summed E-state index contributed by atoms with van der Waals surface area (Å²) in [4.78, 5) is 9.47. The molecule has 0 saturated heterocycles. The normalized spacial score (nSPS) is 17.5. The minimum Gasteiger partial charge on any atom is -0.361 e. The van der Waals surface area contributed by atoms with Crippen LogP contribution >= 0.6 is 0 Å². The summed E-state index contributed by atoms with van der Waals surface area (Å²) in [6.45, 7) is 0.978. The van der Waals surface area contributed by atoms with Crippen LogP contribution in [0.2, 0.25) is 0 Å². The number of H-pyrrole nitrogens is 1. The fourth-order valence-corrected chi connectivity index (χ4v) is 4.86. The first kappa shape index (κ1) is 20.6. The third kappa shape index (κ3) is 4.55. The summed E-state index contributed by atoms with van der Waals surface area (Å²) in [5, 5.41) is 0. The Morgan fingerprint density at radius 3 is 2.60 bits per heavy atom. The highest BCUT2D eigenvalue weighted by atomic mass is 32.2. The Bertz CT molecular complexity index is 1060. The first-order valence-electron chi connectivity index (χ1n) is 9.96. The number of anilines is 1. The Labute approximate surface area is 176 Å². The Kier molecular flexibility index (Phi) is 6.15. The molecule has 0 fully saturated rings. The number of nitrogens with one attached hydrogen (secondary N) is 1. The lowest BCUT2D eigenvalue weighted by atomic mass is 10.0. The molecule has 3 aromatic rings. The molecule has 1 aromatic heterocycles. The second-order valence-electron chi connectivity index (χ2n) is 7.53. The van der Waals surface area contributed by atoms with E-state index in [1.807, 2.05) is 42.5 Å². The molecule has 1 unspecified atom stereocenters. The zero-order valence-electron chi connectivity index (χ0n) is 16.6. The lowest BCUT2D eigenvalue weighted by molar-refractivity contribution is 0.361. The van der Waals surface area contributed by atoms with E-state index in [0.717, 1.165) is 29.8 Å².